The molecule has 0 N–H and O–H groups in total. The van der Waals surface area contributed by atoms with Crippen LogP contribution in [0.25, 0.3) is 0 Å². The van der Waals surface area contributed by atoms with Crippen molar-refractivity contribution in [1.82, 2.24) is 0 Å². The monoisotopic (exact) mass is 735 g/mol. The summed E-state index contributed by atoms with van der Waals surface area (Å²) in [6.45, 7) is 11.1. The third-order valence-corrected chi connectivity index (χ3v) is 15.5. The van der Waals surface area contributed by atoms with Crippen LogP contribution >= 0.6 is 0 Å². The first-order valence-corrected chi connectivity index (χ1v) is 25.1. The maximum absolute atomic E-state index is 6.67. The Labute approximate surface area is 333 Å². The molecule has 0 spiro atoms. The van der Waals surface area contributed by atoms with Crippen LogP contribution in [0.1, 0.15) is 246 Å². The molecule has 4 rings (SSSR count). The van der Waals surface area contributed by atoms with Crippen LogP contribution in [-0.4, -0.2) is 13.2 Å². The maximum atomic E-state index is 6.67. The van der Waals surface area contributed by atoms with Crippen molar-refractivity contribution in [2.45, 2.75) is 246 Å². The van der Waals surface area contributed by atoms with E-state index >= 15 is 0 Å². The van der Waals surface area contributed by atoms with Gasteiger partial charge in [0.15, 0.2) is 0 Å². The summed E-state index contributed by atoms with van der Waals surface area (Å²) < 4.78 is 6.67. The minimum Gasteiger partial charge on any atom is -0.373 e. The first-order chi connectivity index (χ1) is 26.1. The molecule has 4 aliphatic rings. The van der Waals surface area contributed by atoms with Gasteiger partial charge in [-0.15, -0.1) is 0 Å². The van der Waals surface area contributed by atoms with Gasteiger partial charge in [-0.25, -0.2) is 0 Å². The molecule has 0 saturated heterocycles. The molecule has 0 heterocycles. The first-order valence-electron chi connectivity index (χ1n) is 25.1. The SMILES string of the molecule is CCCCCCC1CCC(C(=CCOCC=C(C2CCC(CCCCC)CC2)C2CCC(CCCCCC)CC2)C2CCC(CCCCC)CC2)CC1. The smallest absolute Gasteiger partial charge is 0.0654 e. The minimum atomic E-state index is 0.836. The molecule has 0 aromatic carbocycles. The Bertz CT molecular complexity index is 852. The fourth-order valence-corrected chi connectivity index (χ4v) is 11.9. The molecule has 0 atom stereocenters. The van der Waals surface area contributed by atoms with E-state index in [4.69, 9.17) is 4.74 Å². The van der Waals surface area contributed by atoms with Crippen molar-refractivity contribution in [2.24, 2.45) is 47.3 Å². The molecule has 0 unspecified atom stereocenters. The summed E-state index contributed by atoms with van der Waals surface area (Å²) in [6, 6.07) is 0. The Hall–Kier alpha value is -0.560. The minimum absolute atomic E-state index is 0.836. The number of unbranched alkanes of at least 4 members (excludes halogenated alkanes) is 10. The fraction of sp³-hybridized carbons (Fsp3) is 0.923. The molecule has 0 aromatic rings. The van der Waals surface area contributed by atoms with Crippen LogP contribution in [0.2, 0.25) is 0 Å². The quantitative estimate of drug-likeness (QED) is 0.0635. The second-order valence-corrected chi connectivity index (χ2v) is 19.5. The number of hydrogen-bond acceptors (Lipinski definition) is 1. The van der Waals surface area contributed by atoms with E-state index in [0.717, 1.165) is 60.6 Å². The lowest BCUT2D eigenvalue weighted by atomic mass is 9.69. The van der Waals surface area contributed by atoms with E-state index in [1.807, 2.05) is 11.1 Å². The Balaban J connectivity index is 1.34. The fourth-order valence-electron chi connectivity index (χ4n) is 11.9. The molecule has 0 bridgehead atoms. The van der Waals surface area contributed by atoms with E-state index in [0.29, 0.717) is 0 Å². The van der Waals surface area contributed by atoms with Gasteiger partial charge in [-0.05, 0) is 150 Å². The lowest BCUT2D eigenvalue weighted by Crippen LogP contribution is -2.24. The Kier molecular flexibility index (Phi) is 23.8. The van der Waals surface area contributed by atoms with Gasteiger partial charge < -0.3 is 4.74 Å². The standard InChI is InChI=1S/C52H94O/c1-5-9-13-17-21-45-27-35-49(36-28-45)51(47-31-23-43(24-32-47)19-15-11-7-3)39-41-53-42-40-52(48-33-25-44(26-34-48)20-16-12-8-4)50-37-29-46(30-38-50)22-18-14-10-6-2/h39-40,43-50H,5-38,41-42H2,1-4H3. The third-order valence-electron chi connectivity index (χ3n) is 15.5. The van der Waals surface area contributed by atoms with E-state index in [2.05, 4.69) is 39.8 Å². The summed E-state index contributed by atoms with van der Waals surface area (Å²) in [5, 5.41) is 0. The van der Waals surface area contributed by atoms with E-state index in [1.54, 1.807) is 0 Å². The molecule has 1 heteroatoms. The molecule has 4 fully saturated rings. The average molecular weight is 735 g/mol. The molecular weight excluding hydrogens is 641 g/mol. The summed E-state index contributed by atoms with van der Waals surface area (Å²) in [6.07, 6.45) is 54.7. The van der Waals surface area contributed by atoms with E-state index in [1.165, 1.54) is 218 Å². The number of allylic oxidation sites excluding steroid dienone is 2. The zero-order chi connectivity index (χ0) is 37.4. The van der Waals surface area contributed by atoms with Gasteiger partial charge >= 0.3 is 0 Å². The van der Waals surface area contributed by atoms with Gasteiger partial charge in [0.05, 0.1) is 13.2 Å². The highest BCUT2D eigenvalue weighted by Crippen LogP contribution is 2.45. The van der Waals surface area contributed by atoms with Gasteiger partial charge in [0.25, 0.3) is 0 Å². The van der Waals surface area contributed by atoms with Gasteiger partial charge in [-0.3, -0.25) is 0 Å². The van der Waals surface area contributed by atoms with Gasteiger partial charge in [0.2, 0.25) is 0 Å². The summed E-state index contributed by atoms with van der Waals surface area (Å²) in [7, 11) is 0. The summed E-state index contributed by atoms with van der Waals surface area (Å²) in [5.74, 6) is 7.35. The Morgan fingerprint density at radius 2 is 0.585 bits per heavy atom. The number of hydrogen-bond donors (Lipinski definition) is 0. The van der Waals surface area contributed by atoms with Gasteiger partial charge in [-0.1, -0.05) is 167 Å². The summed E-state index contributed by atoms with van der Waals surface area (Å²) >= 11 is 0. The van der Waals surface area contributed by atoms with Crippen molar-refractivity contribution in [2.75, 3.05) is 13.2 Å². The van der Waals surface area contributed by atoms with Crippen molar-refractivity contribution >= 4 is 0 Å². The van der Waals surface area contributed by atoms with E-state index in [9.17, 15) is 0 Å². The van der Waals surface area contributed by atoms with Crippen molar-refractivity contribution in [3.63, 3.8) is 0 Å². The Morgan fingerprint density at radius 1 is 0.340 bits per heavy atom. The predicted octanol–water partition coefficient (Wildman–Crippen LogP) is 17.2. The van der Waals surface area contributed by atoms with Gasteiger partial charge in [0.1, 0.15) is 0 Å². The maximum Gasteiger partial charge on any atom is 0.0654 e. The van der Waals surface area contributed by atoms with Crippen LogP contribution in [0.5, 0.6) is 0 Å². The zero-order valence-corrected chi connectivity index (χ0v) is 36.6. The number of rotatable bonds is 26. The van der Waals surface area contributed by atoms with E-state index in [-0.39, 0.29) is 0 Å². The lowest BCUT2D eigenvalue weighted by molar-refractivity contribution is 0.183. The highest BCUT2D eigenvalue weighted by atomic mass is 16.5. The second-order valence-electron chi connectivity index (χ2n) is 19.5. The molecule has 4 aliphatic carbocycles. The molecular formula is C52H94O. The average Bonchev–Trinajstić information content (AvgIpc) is 3.20. The molecule has 0 aromatic heterocycles. The largest absolute Gasteiger partial charge is 0.373 e. The normalized spacial score (nSPS) is 30.5. The highest BCUT2D eigenvalue weighted by molar-refractivity contribution is 5.15. The van der Waals surface area contributed by atoms with E-state index < -0.39 is 0 Å². The molecule has 0 radical (unpaired) electrons. The summed E-state index contributed by atoms with van der Waals surface area (Å²) in [5.41, 5.74) is 3.70. The van der Waals surface area contributed by atoms with Gasteiger partial charge in [-0.2, -0.15) is 0 Å². The Morgan fingerprint density at radius 3 is 0.849 bits per heavy atom. The van der Waals surface area contributed by atoms with Crippen LogP contribution in [0.15, 0.2) is 23.3 Å². The molecule has 0 amide bonds. The van der Waals surface area contributed by atoms with Crippen LogP contribution in [0, 0.1) is 47.3 Å². The molecule has 53 heavy (non-hydrogen) atoms. The van der Waals surface area contributed by atoms with Crippen molar-refractivity contribution in [3.8, 4) is 0 Å². The van der Waals surface area contributed by atoms with Crippen LogP contribution in [0.3, 0.4) is 0 Å². The summed E-state index contributed by atoms with van der Waals surface area (Å²) in [4.78, 5) is 0. The second kappa shape index (κ2) is 27.9. The van der Waals surface area contributed by atoms with Gasteiger partial charge in [0, 0.05) is 0 Å². The zero-order valence-electron chi connectivity index (χ0n) is 36.6. The molecule has 308 valence electrons. The third kappa shape index (κ3) is 17.2. The number of ether oxygens (including phenoxy) is 1. The molecule has 1 nitrogen and oxygen atoms in total. The first kappa shape index (κ1) is 45.1. The van der Waals surface area contributed by atoms with Crippen LogP contribution in [0.4, 0.5) is 0 Å². The lowest BCUT2D eigenvalue weighted by Gasteiger charge is -2.37. The van der Waals surface area contributed by atoms with Crippen molar-refractivity contribution in [3.05, 3.63) is 23.3 Å². The topological polar surface area (TPSA) is 9.23 Å². The van der Waals surface area contributed by atoms with Crippen molar-refractivity contribution < 1.29 is 4.74 Å². The van der Waals surface area contributed by atoms with Crippen LogP contribution in [-0.2, 0) is 4.74 Å². The molecule has 0 aliphatic heterocycles. The predicted molar refractivity (Wildman–Crippen MR) is 235 cm³/mol. The molecule has 4 saturated carbocycles. The highest BCUT2D eigenvalue weighted by Gasteiger charge is 2.32. The van der Waals surface area contributed by atoms with Crippen LogP contribution < -0.4 is 0 Å². The van der Waals surface area contributed by atoms with Crippen molar-refractivity contribution in [1.29, 1.82) is 0 Å².